The van der Waals surface area contributed by atoms with Crippen molar-refractivity contribution in [3.63, 3.8) is 0 Å². The number of hydrogen-bond donors (Lipinski definition) is 1. The predicted octanol–water partition coefficient (Wildman–Crippen LogP) is 2.48. The quantitative estimate of drug-likeness (QED) is 0.800. The second kappa shape index (κ2) is 6.52. The molecule has 0 unspecified atom stereocenters. The Morgan fingerprint density at radius 3 is 2.78 bits per heavy atom. The van der Waals surface area contributed by atoms with Gasteiger partial charge in [0.25, 0.3) is 5.56 Å². The summed E-state index contributed by atoms with van der Waals surface area (Å²) < 4.78 is 1.63. The topological polar surface area (TPSA) is 51.0 Å². The van der Waals surface area contributed by atoms with Crippen LogP contribution in [0.4, 0.5) is 0 Å². The Kier molecular flexibility index (Phi) is 4.46. The molecule has 1 atom stereocenters. The van der Waals surface area contributed by atoms with Crippen molar-refractivity contribution in [3.05, 3.63) is 80.9 Å². The summed E-state index contributed by atoms with van der Waals surface area (Å²) in [4.78, 5) is 16.9. The number of nitrogens with two attached hydrogens (primary N) is 1. The molecule has 3 rings (SSSR count). The Balaban J connectivity index is 1.81. The van der Waals surface area contributed by atoms with E-state index in [0.717, 1.165) is 22.0 Å². The van der Waals surface area contributed by atoms with Crippen LogP contribution in [0.5, 0.6) is 0 Å². The molecule has 0 aliphatic carbocycles. The highest BCUT2D eigenvalue weighted by atomic mass is 35.5. The fraction of sp³-hybridized carbons (Fsp3) is 0.222. The van der Waals surface area contributed by atoms with Crippen LogP contribution in [0.25, 0.3) is 5.65 Å². The van der Waals surface area contributed by atoms with E-state index < -0.39 is 0 Å². The van der Waals surface area contributed by atoms with E-state index >= 15 is 0 Å². The fourth-order valence-corrected chi connectivity index (χ4v) is 2.89. The lowest BCUT2D eigenvalue weighted by molar-refractivity contribution is -0.708. The highest BCUT2D eigenvalue weighted by Gasteiger charge is 2.11. The van der Waals surface area contributed by atoms with Gasteiger partial charge in [0.15, 0.2) is 0 Å². The van der Waals surface area contributed by atoms with E-state index in [-0.39, 0.29) is 11.6 Å². The van der Waals surface area contributed by atoms with Crippen LogP contribution in [0.2, 0.25) is 5.02 Å². The third-order valence-corrected chi connectivity index (χ3v) is 4.22. The van der Waals surface area contributed by atoms with Crippen molar-refractivity contribution in [2.75, 3.05) is 0 Å². The van der Waals surface area contributed by atoms with Crippen molar-refractivity contribution < 1.29 is 5.32 Å². The second-order valence-corrected chi connectivity index (χ2v) is 6.17. The van der Waals surface area contributed by atoms with Crippen molar-refractivity contribution in [2.45, 2.75) is 26.4 Å². The molecule has 5 heteroatoms. The number of aromatic nitrogens is 2. The molecule has 1 aromatic carbocycles. The van der Waals surface area contributed by atoms with Crippen LogP contribution in [0, 0.1) is 6.92 Å². The van der Waals surface area contributed by atoms with Crippen LogP contribution >= 0.6 is 11.6 Å². The maximum absolute atomic E-state index is 12.3. The minimum absolute atomic E-state index is 0.0353. The summed E-state index contributed by atoms with van der Waals surface area (Å²) in [6.45, 7) is 4.67. The van der Waals surface area contributed by atoms with Crippen LogP contribution in [0.3, 0.4) is 0 Å². The van der Waals surface area contributed by atoms with Gasteiger partial charge in [0.1, 0.15) is 23.9 Å². The number of quaternary nitrogens is 1. The van der Waals surface area contributed by atoms with E-state index in [9.17, 15) is 4.79 Å². The summed E-state index contributed by atoms with van der Waals surface area (Å²) in [5.41, 5.74) is 3.49. The van der Waals surface area contributed by atoms with Crippen molar-refractivity contribution >= 4 is 17.2 Å². The minimum Gasteiger partial charge on any atom is -0.335 e. The van der Waals surface area contributed by atoms with Crippen LogP contribution in [-0.2, 0) is 6.54 Å². The zero-order valence-electron chi connectivity index (χ0n) is 13.2. The largest absolute Gasteiger partial charge is 0.335 e. The molecule has 0 fully saturated rings. The highest BCUT2D eigenvalue weighted by Crippen LogP contribution is 2.14. The second-order valence-electron chi connectivity index (χ2n) is 5.73. The first-order valence-corrected chi connectivity index (χ1v) is 7.99. The molecule has 4 nitrogen and oxygen atoms in total. The molecule has 0 saturated carbocycles. The molecule has 0 spiro atoms. The Hall–Kier alpha value is -2.17. The van der Waals surface area contributed by atoms with Gasteiger partial charge < -0.3 is 5.32 Å². The molecule has 0 amide bonds. The van der Waals surface area contributed by atoms with E-state index in [1.807, 2.05) is 43.3 Å². The van der Waals surface area contributed by atoms with E-state index in [0.29, 0.717) is 12.2 Å². The summed E-state index contributed by atoms with van der Waals surface area (Å²) in [6, 6.07) is 15.4. The lowest BCUT2D eigenvalue weighted by Crippen LogP contribution is -2.83. The first kappa shape index (κ1) is 15.7. The van der Waals surface area contributed by atoms with Crippen molar-refractivity contribution in [3.8, 4) is 0 Å². The van der Waals surface area contributed by atoms with Crippen LogP contribution in [0.15, 0.2) is 53.3 Å². The van der Waals surface area contributed by atoms with Crippen molar-refractivity contribution in [1.29, 1.82) is 0 Å². The van der Waals surface area contributed by atoms with Crippen LogP contribution in [-0.4, -0.2) is 9.38 Å². The number of benzene rings is 1. The van der Waals surface area contributed by atoms with Gasteiger partial charge in [-0.2, -0.15) is 0 Å². The van der Waals surface area contributed by atoms with E-state index in [4.69, 9.17) is 11.6 Å². The Bertz CT molecular complexity index is 904. The maximum atomic E-state index is 12.3. The smallest absolute Gasteiger partial charge is 0.258 e. The Morgan fingerprint density at radius 2 is 2.00 bits per heavy atom. The molecule has 0 aliphatic heterocycles. The minimum atomic E-state index is -0.0353. The number of hydrogen-bond acceptors (Lipinski definition) is 2. The fourth-order valence-electron chi connectivity index (χ4n) is 2.69. The summed E-state index contributed by atoms with van der Waals surface area (Å²) in [7, 11) is 0. The third kappa shape index (κ3) is 3.44. The first-order chi connectivity index (χ1) is 11.0. The first-order valence-electron chi connectivity index (χ1n) is 7.62. The van der Waals surface area contributed by atoms with Crippen molar-refractivity contribution in [2.24, 2.45) is 0 Å². The molecule has 3 aromatic rings. The monoisotopic (exact) mass is 328 g/mol. The van der Waals surface area contributed by atoms with Gasteiger partial charge in [-0.05, 0) is 38.1 Å². The van der Waals surface area contributed by atoms with Crippen LogP contribution < -0.4 is 10.9 Å². The van der Waals surface area contributed by atoms with Gasteiger partial charge in [0.2, 0.25) is 0 Å². The number of rotatable bonds is 4. The Morgan fingerprint density at radius 1 is 1.22 bits per heavy atom. The van der Waals surface area contributed by atoms with E-state index in [2.05, 4.69) is 23.3 Å². The van der Waals surface area contributed by atoms with Gasteiger partial charge >= 0.3 is 0 Å². The SMILES string of the molecule is Cc1cccc2nc(C[NH2+][C@H](C)c3cccc(Cl)c3)cc(=O)n12. The average molecular weight is 329 g/mol. The maximum Gasteiger partial charge on any atom is 0.258 e. The zero-order valence-corrected chi connectivity index (χ0v) is 13.9. The third-order valence-electron chi connectivity index (χ3n) is 3.99. The van der Waals surface area contributed by atoms with Crippen molar-refractivity contribution in [1.82, 2.24) is 9.38 Å². The molecule has 0 aliphatic rings. The molecular weight excluding hydrogens is 310 g/mol. The molecule has 0 saturated heterocycles. The molecule has 0 bridgehead atoms. The highest BCUT2D eigenvalue weighted by molar-refractivity contribution is 6.30. The molecule has 2 N–H and O–H groups in total. The summed E-state index contributed by atoms with van der Waals surface area (Å²) >= 11 is 6.04. The van der Waals surface area contributed by atoms with Gasteiger partial charge in [-0.1, -0.05) is 29.8 Å². The van der Waals surface area contributed by atoms with E-state index in [1.54, 1.807) is 10.5 Å². The predicted molar refractivity (Wildman–Crippen MR) is 91.7 cm³/mol. The number of pyridine rings is 1. The van der Waals surface area contributed by atoms with Gasteiger partial charge in [-0.15, -0.1) is 0 Å². The van der Waals surface area contributed by atoms with Gasteiger partial charge in [0, 0.05) is 22.3 Å². The van der Waals surface area contributed by atoms with Gasteiger partial charge in [-0.25, -0.2) is 4.98 Å². The lowest BCUT2D eigenvalue weighted by atomic mass is 10.1. The number of nitrogens with zero attached hydrogens (tertiary/aromatic N) is 2. The molecule has 118 valence electrons. The molecular formula is C18H19ClN3O+. The number of halogens is 1. The summed E-state index contributed by atoms with van der Waals surface area (Å²) in [5.74, 6) is 0. The molecule has 0 radical (unpaired) electrons. The van der Waals surface area contributed by atoms with Crippen LogP contribution in [0.1, 0.15) is 29.9 Å². The number of fused-ring (bicyclic) bond motifs is 1. The normalized spacial score (nSPS) is 12.5. The zero-order chi connectivity index (χ0) is 16.4. The standard InChI is InChI=1S/C18H18ClN3O/c1-12-5-3-8-17-21-16(10-18(23)22(12)17)11-20-13(2)14-6-4-7-15(19)9-14/h3-10,13,20H,11H2,1-2H3/p+1/t13-/m1/s1. The van der Waals surface area contributed by atoms with Gasteiger partial charge in [0.05, 0.1) is 0 Å². The summed E-state index contributed by atoms with van der Waals surface area (Å²) in [6.07, 6.45) is 0. The number of aryl methyl sites for hydroxylation is 1. The lowest BCUT2D eigenvalue weighted by Gasteiger charge is -2.12. The molecule has 2 aromatic heterocycles. The molecule has 2 heterocycles. The molecule has 23 heavy (non-hydrogen) atoms. The Labute approximate surface area is 139 Å². The van der Waals surface area contributed by atoms with E-state index in [1.165, 1.54) is 0 Å². The van der Waals surface area contributed by atoms with Gasteiger partial charge in [-0.3, -0.25) is 9.20 Å². The summed E-state index contributed by atoms with van der Waals surface area (Å²) in [5, 5.41) is 2.89. The average Bonchev–Trinajstić information content (AvgIpc) is 2.52.